The molecule has 102 valence electrons. The molecule has 19 heavy (non-hydrogen) atoms. The topological polar surface area (TPSA) is 101 Å². The molecule has 1 aromatic carbocycles. The van der Waals surface area contributed by atoms with Crippen molar-refractivity contribution in [3.05, 3.63) is 38.9 Å². The molecule has 0 saturated heterocycles. The van der Waals surface area contributed by atoms with E-state index in [-0.39, 0.29) is 22.8 Å². The largest absolute Gasteiger partial charge is 0.480 e. The molecule has 1 rings (SSSR count). The van der Waals surface area contributed by atoms with Crippen molar-refractivity contribution in [3.8, 4) is 0 Å². The first kappa shape index (κ1) is 14.9. The van der Waals surface area contributed by atoms with Crippen LogP contribution in [-0.4, -0.2) is 39.9 Å². The number of carboxylic acids is 1. The highest BCUT2D eigenvalue weighted by molar-refractivity contribution is 6.33. The Morgan fingerprint density at radius 2 is 2.11 bits per heavy atom. The lowest BCUT2D eigenvalue weighted by atomic mass is 10.2. The molecule has 0 bridgehead atoms. The van der Waals surface area contributed by atoms with E-state index in [0.29, 0.717) is 0 Å². The maximum absolute atomic E-state index is 12.0. The number of nitro benzene ring substituents is 1. The van der Waals surface area contributed by atoms with E-state index in [4.69, 9.17) is 16.7 Å². The number of carbonyl (C=O) groups is 2. The van der Waals surface area contributed by atoms with Crippen molar-refractivity contribution in [2.75, 3.05) is 13.1 Å². The Morgan fingerprint density at radius 1 is 1.47 bits per heavy atom. The normalized spacial score (nSPS) is 10.0. The first-order valence-electron chi connectivity index (χ1n) is 5.31. The summed E-state index contributed by atoms with van der Waals surface area (Å²) in [7, 11) is 0. The summed E-state index contributed by atoms with van der Waals surface area (Å²) < 4.78 is 0. The number of nitro groups is 1. The minimum atomic E-state index is -1.14. The van der Waals surface area contributed by atoms with Crippen LogP contribution < -0.4 is 0 Å². The Labute approximate surface area is 113 Å². The summed E-state index contributed by atoms with van der Waals surface area (Å²) >= 11 is 5.69. The van der Waals surface area contributed by atoms with Crippen LogP contribution in [0, 0.1) is 10.1 Å². The molecule has 0 fully saturated rings. The van der Waals surface area contributed by atoms with Gasteiger partial charge in [0.2, 0.25) is 0 Å². The van der Waals surface area contributed by atoms with Gasteiger partial charge in [-0.25, -0.2) is 0 Å². The maximum atomic E-state index is 12.0. The number of carbonyl (C=O) groups excluding carboxylic acids is 1. The van der Waals surface area contributed by atoms with Gasteiger partial charge in [0.05, 0.1) is 4.92 Å². The van der Waals surface area contributed by atoms with Gasteiger partial charge in [-0.05, 0) is 19.1 Å². The van der Waals surface area contributed by atoms with E-state index in [1.807, 2.05) is 0 Å². The summed E-state index contributed by atoms with van der Waals surface area (Å²) in [5.74, 6) is -1.68. The van der Waals surface area contributed by atoms with Crippen molar-refractivity contribution < 1.29 is 19.6 Å². The molecular formula is C11H11ClN2O5. The number of hydrogen-bond acceptors (Lipinski definition) is 4. The molecular weight excluding hydrogens is 276 g/mol. The fraction of sp³-hybridized carbons (Fsp3) is 0.273. The monoisotopic (exact) mass is 286 g/mol. The third kappa shape index (κ3) is 3.65. The van der Waals surface area contributed by atoms with Crippen LogP contribution in [0.25, 0.3) is 0 Å². The van der Waals surface area contributed by atoms with Crippen molar-refractivity contribution in [3.63, 3.8) is 0 Å². The van der Waals surface area contributed by atoms with Gasteiger partial charge in [-0.3, -0.25) is 19.7 Å². The molecule has 0 aliphatic carbocycles. The number of amides is 1. The lowest BCUT2D eigenvalue weighted by molar-refractivity contribution is -0.384. The molecule has 0 aliphatic rings. The third-order valence-corrected chi connectivity index (χ3v) is 2.69. The zero-order valence-corrected chi connectivity index (χ0v) is 10.8. The zero-order chi connectivity index (χ0) is 14.6. The second kappa shape index (κ2) is 6.14. The summed E-state index contributed by atoms with van der Waals surface area (Å²) in [5, 5.41) is 19.1. The maximum Gasteiger partial charge on any atom is 0.323 e. The quantitative estimate of drug-likeness (QED) is 0.657. The first-order chi connectivity index (χ1) is 8.86. The number of hydrogen-bond donors (Lipinski definition) is 1. The number of halogens is 1. The highest BCUT2D eigenvalue weighted by Crippen LogP contribution is 2.25. The Morgan fingerprint density at radius 3 is 2.53 bits per heavy atom. The molecule has 0 radical (unpaired) electrons. The molecule has 0 atom stereocenters. The lowest BCUT2D eigenvalue weighted by Gasteiger charge is -2.18. The van der Waals surface area contributed by atoms with Crippen LogP contribution in [0.4, 0.5) is 5.69 Å². The van der Waals surface area contributed by atoms with Crippen LogP contribution in [-0.2, 0) is 4.79 Å². The second-order valence-corrected chi connectivity index (χ2v) is 4.04. The average molecular weight is 287 g/mol. The van der Waals surface area contributed by atoms with Gasteiger partial charge in [-0.2, -0.15) is 0 Å². The van der Waals surface area contributed by atoms with E-state index in [1.165, 1.54) is 6.07 Å². The smallest absolute Gasteiger partial charge is 0.323 e. The van der Waals surface area contributed by atoms with E-state index in [9.17, 15) is 19.7 Å². The van der Waals surface area contributed by atoms with Crippen LogP contribution >= 0.6 is 11.6 Å². The summed E-state index contributed by atoms with van der Waals surface area (Å²) in [6.07, 6.45) is 0. The summed E-state index contributed by atoms with van der Waals surface area (Å²) in [6, 6.07) is 3.52. The van der Waals surface area contributed by atoms with Gasteiger partial charge in [-0.15, -0.1) is 0 Å². The fourth-order valence-electron chi connectivity index (χ4n) is 1.46. The van der Waals surface area contributed by atoms with Gasteiger partial charge in [0.25, 0.3) is 11.6 Å². The molecule has 0 saturated carbocycles. The second-order valence-electron chi connectivity index (χ2n) is 3.64. The fourth-order valence-corrected chi connectivity index (χ4v) is 1.71. The van der Waals surface area contributed by atoms with Gasteiger partial charge in [0.15, 0.2) is 0 Å². The van der Waals surface area contributed by atoms with Crippen LogP contribution in [0.15, 0.2) is 18.2 Å². The molecule has 8 heteroatoms. The number of aliphatic carboxylic acids is 1. The van der Waals surface area contributed by atoms with Crippen molar-refractivity contribution in [2.24, 2.45) is 0 Å². The van der Waals surface area contributed by atoms with E-state index < -0.39 is 23.3 Å². The molecule has 1 N–H and O–H groups in total. The molecule has 7 nitrogen and oxygen atoms in total. The minimum absolute atomic E-state index is 0.110. The van der Waals surface area contributed by atoms with Gasteiger partial charge in [0.1, 0.15) is 11.6 Å². The van der Waals surface area contributed by atoms with Gasteiger partial charge in [0, 0.05) is 18.2 Å². The zero-order valence-electron chi connectivity index (χ0n) is 10.00. The van der Waals surface area contributed by atoms with Crippen molar-refractivity contribution in [1.29, 1.82) is 0 Å². The van der Waals surface area contributed by atoms with Gasteiger partial charge in [-0.1, -0.05) is 11.6 Å². The van der Waals surface area contributed by atoms with Crippen LogP contribution in [0.1, 0.15) is 17.3 Å². The number of carboxylic acid groups (broad SMARTS) is 1. The average Bonchev–Trinajstić information content (AvgIpc) is 2.34. The Hall–Kier alpha value is -2.15. The predicted molar refractivity (Wildman–Crippen MR) is 67.3 cm³/mol. The van der Waals surface area contributed by atoms with E-state index in [0.717, 1.165) is 17.0 Å². The highest BCUT2D eigenvalue weighted by atomic mass is 35.5. The predicted octanol–water partition coefficient (Wildman–Crippen LogP) is 1.79. The third-order valence-electron chi connectivity index (χ3n) is 2.39. The number of benzene rings is 1. The standard InChI is InChI=1S/C11H11ClN2O5/c1-2-13(6-10(15)16)11(17)7-3-4-9(14(18)19)8(12)5-7/h3-5H,2,6H2,1H3,(H,15,16). The number of likely N-dealkylation sites (N-methyl/N-ethyl adjacent to an activating group) is 1. The Balaban J connectivity index is 3.02. The number of rotatable bonds is 5. The van der Waals surface area contributed by atoms with Gasteiger partial charge >= 0.3 is 5.97 Å². The lowest BCUT2D eigenvalue weighted by Crippen LogP contribution is -2.35. The molecule has 1 amide bonds. The number of nitrogens with zero attached hydrogens (tertiary/aromatic N) is 2. The molecule has 1 aromatic rings. The minimum Gasteiger partial charge on any atom is -0.480 e. The van der Waals surface area contributed by atoms with Crippen molar-refractivity contribution >= 4 is 29.2 Å². The van der Waals surface area contributed by atoms with E-state index in [1.54, 1.807) is 6.92 Å². The van der Waals surface area contributed by atoms with Gasteiger partial charge < -0.3 is 10.0 Å². The van der Waals surface area contributed by atoms with Crippen LogP contribution in [0.3, 0.4) is 0 Å². The molecule has 0 aromatic heterocycles. The van der Waals surface area contributed by atoms with E-state index in [2.05, 4.69) is 0 Å². The van der Waals surface area contributed by atoms with Crippen LogP contribution in [0.5, 0.6) is 0 Å². The van der Waals surface area contributed by atoms with Crippen molar-refractivity contribution in [1.82, 2.24) is 4.90 Å². The Kier molecular flexibility index (Phi) is 4.82. The molecule has 0 heterocycles. The molecule has 0 unspecified atom stereocenters. The van der Waals surface area contributed by atoms with E-state index >= 15 is 0 Å². The Bertz CT molecular complexity index is 532. The molecule has 0 aliphatic heterocycles. The first-order valence-corrected chi connectivity index (χ1v) is 5.69. The molecule has 0 spiro atoms. The summed E-state index contributed by atoms with van der Waals surface area (Å²) in [6.45, 7) is 1.40. The van der Waals surface area contributed by atoms with Crippen LogP contribution in [0.2, 0.25) is 5.02 Å². The van der Waals surface area contributed by atoms with Crippen molar-refractivity contribution in [2.45, 2.75) is 6.92 Å². The summed E-state index contributed by atoms with van der Waals surface area (Å²) in [5.41, 5.74) is -0.196. The highest BCUT2D eigenvalue weighted by Gasteiger charge is 2.20. The summed E-state index contributed by atoms with van der Waals surface area (Å²) in [4.78, 5) is 33.6. The SMILES string of the molecule is CCN(CC(=O)O)C(=O)c1ccc([N+](=O)[O-])c(Cl)c1.